The van der Waals surface area contributed by atoms with Gasteiger partial charge >= 0.3 is 6.20 Å². The lowest BCUT2D eigenvalue weighted by Crippen LogP contribution is -2.42. The maximum absolute atomic E-state index is 9.75. The Balaban J connectivity index is 2.20. The molecule has 0 amide bonds. The van der Waals surface area contributed by atoms with Crippen LogP contribution in [0, 0.1) is 11.3 Å². The van der Waals surface area contributed by atoms with Crippen molar-refractivity contribution in [1.29, 1.82) is 5.39 Å². The maximum Gasteiger partial charge on any atom is 0.387 e. The minimum Gasteiger partial charge on any atom is -0.505 e. The summed E-state index contributed by atoms with van der Waals surface area (Å²) < 4.78 is 11.2. The van der Waals surface area contributed by atoms with Gasteiger partial charge in [0.25, 0.3) is 0 Å². The third kappa shape index (κ3) is 1.83. The van der Waals surface area contributed by atoms with Gasteiger partial charge in [0.15, 0.2) is 16.5 Å². The van der Waals surface area contributed by atoms with Crippen LogP contribution in [0.5, 0.6) is 0 Å². The predicted octanol–water partition coefficient (Wildman–Crippen LogP) is 2.17. The molecule has 2 aliphatic rings. The van der Waals surface area contributed by atoms with Crippen LogP contribution in [0.4, 0.5) is 0 Å². The van der Waals surface area contributed by atoms with E-state index in [0.717, 1.165) is 31.9 Å². The SMILES string of the molecule is N#[N+]/C=C(/O)C1CCCCC12OCCO2. The molecule has 1 aliphatic carbocycles. The Labute approximate surface area is 88.3 Å². The lowest BCUT2D eigenvalue weighted by atomic mass is 9.82. The highest BCUT2D eigenvalue weighted by Gasteiger charge is 2.48. The normalized spacial score (nSPS) is 30.3. The average molecular weight is 211 g/mol. The number of diazo groups is 1. The molecule has 0 aromatic heterocycles. The quantitative estimate of drug-likeness (QED) is 0.533. The molecule has 1 saturated heterocycles. The second-order valence-corrected chi connectivity index (χ2v) is 3.98. The molecular formula is C10H15N2O3+. The Morgan fingerprint density at radius 3 is 2.80 bits per heavy atom. The number of aliphatic hydroxyl groups excluding tert-OH is 1. The summed E-state index contributed by atoms with van der Waals surface area (Å²) in [4.78, 5) is 2.84. The first-order valence-corrected chi connectivity index (χ1v) is 5.30. The second kappa shape index (κ2) is 4.17. The van der Waals surface area contributed by atoms with Gasteiger partial charge in [-0.2, -0.15) is 0 Å². The lowest BCUT2D eigenvalue weighted by Gasteiger charge is -2.37. The highest BCUT2D eigenvalue weighted by Crippen LogP contribution is 2.43. The van der Waals surface area contributed by atoms with Crippen molar-refractivity contribution >= 4 is 0 Å². The standard InChI is InChI=1S/C10H14N2O3/c11-12-7-9(13)8-3-1-2-4-10(8)14-5-6-15-10/h7-8H,1-6H2/p+1/b9-7+. The largest absolute Gasteiger partial charge is 0.505 e. The summed E-state index contributed by atoms with van der Waals surface area (Å²) in [6, 6.07) is 0. The van der Waals surface area contributed by atoms with Gasteiger partial charge in [-0.25, -0.2) is 0 Å². The average Bonchev–Trinajstić information content (AvgIpc) is 2.68. The Morgan fingerprint density at radius 2 is 2.13 bits per heavy atom. The predicted molar refractivity (Wildman–Crippen MR) is 52.4 cm³/mol. The molecule has 0 radical (unpaired) electrons. The Hall–Kier alpha value is -1.12. The van der Waals surface area contributed by atoms with Crippen molar-refractivity contribution in [2.24, 2.45) is 5.92 Å². The van der Waals surface area contributed by atoms with E-state index in [1.807, 2.05) is 0 Å². The minimum absolute atomic E-state index is 0.0408. The lowest BCUT2D eigenvalue weighted by molar-refractivity contribution is -0.208. The van der Waals surface area contributed by atoms with E-state index in [9.17, 15) is 5.11 Å². The van der Waals surface area contributed by atoms with Gasteiger partial charge in [0.2, 0.25) is 5.39 Å². The molecule has 1 heterocycles. The molecular weight excluding hydrogens is 196 g/mol. The van der Waals surface area contributed by atoms with Crippen LogP contribution in [-0.4, -0.2) is 24.1 Å². The van der Waals surface area contributed by atoms with Crippen molar-refractivity contribution in [3.8, 4) is 0 Å². The smallest absolute Gasteiger partial charge is 0.387 e. The molecule has 1 unspecified atom stereocenters. The van der Waals surface area contributed by atoms with Crippen LogP contribution < -0.4 is 0 Å². The van der Waals surface area contributed by atoms with E-state index in [1.54, 1.807) is 0 Å². The fraction of sp³-hybridized carbons (Fsp3) is 0.800. The van der Waals surface area contributed by atoms with Crippen LogP contribution >= 0.6 is 0 Å². The molecule has 15 heavy (non-hydrogen) atoms. The first-order chi connectivity index (χ1) is 7.28. The summed E-state index contributed by atoms with van der Waals surface area (Å²) in [5, 5.41) is 18.2. The molecule has 1 aliphatic heterocycles. The Morgan fingerprint density at radius 1 is 1.40 bits per heavy atom. The van der Waals surface area contributed by atoms with E-state index in [1.165, 1.54) is 0 Å². The van der Waals surface area contributed by atoms with E-state index in [4.69, 9.17) is 14.9 Å². The zero-order chi connectivity index (χ0) is 10.7. The zero-order valence-corrected chi connectivity index (χ0v) is 8.56. The van der Waals surface area contributed by atoms with Gasteiger partial charge in [-0.1, -0.05) is 6.42 Å². The third-order valence-corrected chi connectivity index (χ3v) is 3.12. The molecule has 1 saturated carbocycles. The number of aliphatic hydroxyl groups is 1. The molecule has 0 aromatic carbocycles. The first-order valence-electron chi connectivity index (χ1n) is 5.30. The molecule has 5 heteroatoms. The van der Waals surface area contributed by atoms with Crippen molar-refractivity contribution in [1.82, 2.24) is 0 Å². The fourth-order valence-corrected chi connectivity index (χ4v) is 2.45. The van der Waals surface area contributed by atoms with Crippen LogP contribution in [-0.2, 0) is 9.47 Å². The summed E-state index contributed by atoms with van der Waals surface area (Å²) >= 11 is 0. The maximum atomic E-state index is 9.75. The highest BCUT2D eigenvalue weighted by atomic mass is 16.7. The first kappa shape index (κ1) is 10.4. The van der Waals surface area contributed by atoms with Crippen molar-refractivity contribution in [2.75, 3.05) is 13.2 Å². The van der Waals surface area contributed by atoms with Crippen LogP contribution in [0.25, 0.3) is 4.98 Å². The van der Waals surface area contributed by atoms with E-state index >= 15 is 0 Å². The van der Waals surface area contributed by atoms with Gasteiger partial charge in [0, 0.05) is 6.42 Å². The molecule has 82 valence electrons. The van der Waals surface area contributed by atoms with Crippen LogP contribution in [0.2, 0.25) is 0 Å². The van der Waals surface area contributed by atoms with Crippen LogP contribution in [0.15, 0.2) is 12.0 Å². The zero-order valence-electron chi connectivity index (χ0n) is 8.56. The molecule has 5 nitrogen and oxygen atoms in total. The van der Waals surface area contributed by atoms with Crippen molar-refractivity contribution in [2.45, 2.75) is 31.5 Å². The summed E-state index contributed by atoms with van der Waals surface area (Å²) in [6.45, 7) is 1.14. The van der Waals surface area contributed by atoms with Gasteiger partial charge in [-0.15, -0.1) is 0 Å². The van der Waals surface area contributed by atoms with Crippen molar-refractivity contribution < 1.29 is 14.6 Å². The Bertz CT molecular complexity index is 302. The topological polar surface area (TPSA) is 66.8 Å². The highest BCUT2D eigenvalue weighted by molar-refractivity contribution is 5.07. The van der Waals surface area contributed by atoms with Gasteiger partial charge in [-0.3, -0.25) is 0 Å². The fourth-order valence-electron chi connectivity index (χ4n) is 2.45. The molecule has 0 aromatic rings. The van der Waals surface area contributed by atoms with Gasteiger partial charge in [-0.05, 0) is 12.8 Å². The molecule has 1 N–H and O–H groups in total. The number of ether oxygens (including phenoxy) is 2. The minimum atomic E-state index is -0.677. The van der Waals surface area contributed by atoms with Crippen LogP contribution in [0.3, 0.4) is 0 Å². The second-order valence-electron chi connectivity index (χ2n) is 3.98. The van der Waals surface area contributed by atoms with Gasteiger partial charge < -0.3 is 14.6 Å². The summed E-state index contributed by atoms with van der Waals surface area (Å²) in [5.74, 6) is -0.840. The summed E-state index contributed by atoms with van der Waals surface area (Å²) in [7, 11) is 0. The summed E-state index contributed by atoms with van der Waals surface area (Å²) in [5.41, 5.74) is 0. The van der Waals surface area contributed by atoms with E-state index in [-0.39, 0.29) is 11.7 Å². The number of hydrogen-bond acceptors (Lipinski definition) is 4. The number of nitrogens with zero attached hydrogens (tertiary/aromatic N) is 2. The van der Waals surface area contributed by atoms with Crippen molar-refractivity contribution in [3.63, 3.8) is 0 Å². The molecule has 2 rings (SSSR count). The van der Waals surface area contributed by atoms with Crippen molar-refractivity contribution in [3.05, 3.63) is 16.9 Å². The van der Waals surface area contributed by atoms with E-state index in [2.05, 4.69) is 4.98 Å². The summed E-state index contributed by atoms with van der Waals surface area (Å²) in [6.07, 6.45) is 4.73. The van der Waals surface area contributed by atoms with Gasteiger partial charge in [0.05, 0.1) is 19.1 Å². The molecule has 1 atom stereocenters. The molecule has 1 spiro atoms. The monoisotopic (exact) mass is 211 g/mol. The number of rotatable bonds is 1. The third-order valence-electron chi connectivity index (χ3n) is 3.12. The molecule has 2 fully saturated rings. The van der Waals surface area contributed by atoms with Crippen LogP contribution in [0.1, 0.15) is 25.7 Å². The van der Waals surface area contributed by atoms with Gasteiger partial charge in [0.1, 0.15) is 0 Å². The van der Waals surface area contributed by atoms with E-state index < -0.39 is 5.79 Å². The molecule has 0 bridgehead atoms. The number of hydrogen-bond donors (Lipinski definition) is 1. The Kier molecular flexibility index (Phi) is 2.89. The van der Waals surface area contributed by atoms with E-state index in [0.29, 0.717) is 13.2 Å².